The van der Waals surface area contributed by atoms with E-state index in [2.05, 4.69) is 55.5 Å². The van der Waals surface area contributed by atoms with Gasteiger partial charge >= 0.3 is 0 Å². The minimum absolute atomic E-state index is 0.318. The van der Waals surface area contributed by atoms with Gasteiger partial charge in [-0.1, -0.05) is 135 Å². The van der Waals surface area contributed by atoms with Crippen LogP contribution in [0.2, 0.25) is 0 Å². The number of hydrogen-bond acceptors (Lipinski definition) is 6. The maximum atomic E-state index is 6.74. The average molecular weight is 597 g/mol. The monoisotopic (exact) mass is 596 g/mol. The van der Waals surface area contributed by atoms with E-state index in [1.54, 1.807) is 0 Å². The third-order valence-corrected chi connectivity index (χ3v) is 7.62. The predicted octanol–water partition coefficient (Wildman–Crippen LogP) is 7.50. The van der Waals surface area contributed by atoms with Crippen molar-refractivity contribution in [2.24, 2.45) is 0 Å². The maximum Gasteiger partial charge on any atom is 0.186 e. The molecule has 0 amide bonds. The molecule has 0 N–H and O–H groups in total. The van der Waals surface area contributed by atoms with Gasteiger partial charge in [0.05, 0.1) is 33.0 Å². The minimum Gasteiger partial charge on any atom is -0.374 e. The Morgan fingerprint density at radius 3 is 1.41 bits per heavy atom. The van der Waals surface area contributed by atoms with Crippen LogP contribution in [0.5, 0.6) is 0 Å². The van der Waals surface area contributed by atoms with Gasteiger partial charge in [-0.25, -0.2) is 0 Å². The molecule has 232 valence electrons. The smallest absolute Gasteiger partial charge is 0.186 e. The van der Waals surface area contributed by atoms with Crippen molar-refractivity contribution in [3.63, 3.8) is 0 Å². The van der Waals surface area contributed by atoms with Crippen LogP contribution in [0.4, 0.5) is 0 Å². The van der Waals surface area contributed by atoms with Crippen LogP contribution in [0.3, 0.4) is 0 Å². The highest BCUT2D eigenvalue weighted by Gasteiger charge is 2.49. The molecule has 0 spiro atoms. The molecular formula is C38H44O6. The molecule has 5 rings (SSSR count). The summed E-state index contributed by atoms with van der Waals surface area (Å²) in [5.41, 5.74) is 4.31. The summed E-state index contributed by atoms with van der Waals surface area (Å²) in [6.07, 6.45) is -0.622. The van der Waals surface area contributed by atoms with Crippen molar-refractivity contribution in [2.75, 3.05) is 13.2 Å². The molecule has 1 heterocycles. The molecule has 4 aromatic carbocycles. The molecule has 4 aromatic rings. The minimum atomic E-state index is -0.645. The van der Waals surface area contributed by atoms with Crippen molar-refractivity contribution >= 4 is 0 Å². The summed E-state index contributed by atoms with van der Waals surface area (Å²) >= 11 is 0. The van der Waals surface area contributed by atoms with E-state index >= 15 is 0 Å². The van der Waals surface area contributed by atoms with E-state index in [0.717, 1.165) is 35.1 Å². The molecule has 6 nitrogen and oxygen atoms in total. The second-order valence-electron chi connectivity index (χ2n) is 11.1. The summed E-state index contributed by atoms with van der Waals surface area (Å²) < 4.78 is 39.3. The lowest BCUT2D eigenvalue weighted by Crippen LogP contribution is -2.61. The van der Waals surface area contributed by atoms with Gasteiger partial charge in [0, 0.05) is 6.61 Å². The van der Waals surface area contributed by atoms with Gasteiger partial charge in [-0.3, -0.25) is 0 Å². The van der Waals surface area contributed by atoms with Gasteiger partial charge in [0.2, 0.25) is 0 Å². The zero-order valence-corrected chi connectivity index (χ0v) is 25.5. The van der Waals surface area contributed by atoms with Gasteiger partial charge in [-0.2, -0.15) is 0 Å². The van der Waals surface area contributed by atoms with Crippen LogP contribution in [0.25, 0.3) is 0 Å². The van der Waals surface area contributed by atoms with Crippen LogP contribution in [-0.2, 0) is 54.8 Å². The lowest BCUT2D eigenvalue weighted by molar-refractivity contribution is -0.328. The lowest BCUT2D eigenvalue weighted by atomic mass is 9.97. The summed E-state index contributed by atoms with van der Waals surface area (Å²) in [6, 6.07) is 40.6. The van der Waals surface area contributed by atoms with Gasteiger partial charge in [-0.15, -0.1) is 0 Å². The molecule has 1 fully saturated rings. The third kappa shape index (κ3) is 9.83. The first-order valence-corrected chi connectivity index (χ1v) is 15.7. The Balaban J connectivity index is 1.41. The fourth-order valence-electron chi connectivity index (χ4n) is 5.23. The molecule has 6 heteroatoms. The topological polar surface area (TPSA) is 55.4 Å². The molecule has 1 aliphatic rings. The van der Waals surface area contributed by atoms with E-state index < -0.39 is 30.7 Å². The number of rotatable bonds is 17. The fourth-order valence-corrected chi connectivity index (χ4v) is 5.23. The molecule has 1 aliphatic heterocycles. The quantitative estimate of drug-likeness (QED) is 0.118. The molecule has 0 aliphatic carbocycles. The van der Waals surface area contributed by atoms with E-state index in [9.17, 15) is 0 Å². The summed E-state index contributed by atoms with van der Waals surface area (Å²) in [5, 5.41) is 0. The SMILES string of the molecule is CCCCOC1O[C@H](COCc2ccccc2)[C@H](OCc2ccccc2)[C@H](OCc2ccccc2)[C@H]1OCc1ccccc1. The lowest BCUT2D eigenvalue weighted by Gasteiger charge is -2.46. The molecule has 0 aromatic heterocycles. The molecule has 0 bridgehead atoms. The Kier molecular flexibility index (Phi) is 13.0. The van der Waals surface area contributed by atoms with Crippen molar-refractivity contribution in [1.82, 2.24) is 0 Å². The predicted molar refractivity (Wildman–Crippen MR) is 171 cm³/mol. The van der Waals surface area contributed by atoms with E-state index in [-0.39, 0.29) is 0 Å². The number of hydrogen-bond donors (Lipinski definition) is 0. The molecule has 0 radical (unpaired) electrons. The van der Waals surface area contributed by atoms with E-state index in [0.29, 0.717) is 39.6 Å². The van der Waals surface area contributed by atoms with Crippen LogP contribution >= 0.6 is 0 Å². The first-order valence-electron chi connectivity index (χ1n) is 15.7. The summed E-state index contributed by atoms with van der Waals surface area (Å²) in [6.45, 7) is 4.70. The number of unbranched alkanes of at least 4 members (excludes halogenated alkanes) is 1. The van der Waals surface area contributed by atoms with Gasteiger partial charge < -0.3 is 28.4 Å². The maximum absolute atomic E-state index is 6.74. The van der Waals surface area contributed by atoms with Crippen molar-refractivity contribution in [1.29, 1.82) is 0 Å². The third-order valence-electron chi connectivity index (χ3n) is 7.62. The Morgan fingerprint density at radius 1 is 0.500 bits per heavy atom. The number of benzene rings is 4. The highest BCUT2D eigenvalue weighted by Crippen LogP contribution is 2.31. The van der Waals surface area contributed by atoms with Crippen molar-refractivity contribution in [3.8, 4) is 0 Å². The molecule has 0 saturated carbocycles. The normalized spacial score (nSPS) is 21.7. The van der Waals surface area contributed by atoms with Crippen LogP contribution in [0, 0.1) is 0 Å². The zero-order chi connectivity index (χ0) is 30.2. The Morgan fingerprint density at radius 2 is 0.932 bits per heavy atom. The zero-order valence-electron chi connectivity index (χ0n) is 25.5. The fraction of sp³-hybridized carbons (Fsp3) is 0.368. The highest BCUT2D eigenvalue weighted by atomic mass is 16.7. The van der Waals surface area contributed by atoms with Gasteiger partial charge in [-0.05, 0) is 28.7 Å². The van der Waals surface area contributed by atoms with Crippen LogP contribution in [0.15, 0.2) is 121 Å². The summed E-state index contributed by atoms with van der Waals surface area (Å²) in [5.74, 6) is 0. The molecular weight excluding hydrogens is 552 g/mol. The van der Waals surface area contributed by atoms with Crippen LogP contribution in [-0.4, -0.2) is 43.9 Å². The summed E-state index contributed by atoms with van der Waals surface area (Å²) in [7, 11) is 0. The Bertz CT molecular complexity index is 1300. The number of ether oxygens (including phenoxy) is 6. The van der Waals surface area contributed by atoms with E-state index in [4.69, 9.17) is 28.4 Å². The second-order valence-corrected chi connectivity index (χ2v) is 11.1. The average Bonchev–Trinajstić information content (AvgIpc) is 3.08. The summed E-state index contributed by atoms with van der Waals surface area (Å²) in [4.78, 5) is 0. The standard InChI is InChI=1S/C38H44O6/c1-2-3-24-40-38-37(43-28-33-22-14-7-15-23-33)36(42-27-32-20-12-6-13-21-32)35(41-26-31-18-10-5-11-19-31)34(44-38)29-39-25-30-16-8-4-9-17-30/h4-23,34-38H,2-3,24-29H2,1H3/t34-,35+,36+,37-,38?/m1/s1. The first-order chi connectivity index (χ1) is 21.8. The molecule has 1 unspecified atom stereocenters. The Hall–Kier alpha value is -3.36. The molecule has 5 atom stereocenters. The van der Waals surface area contributed by atoms with E-state index in [1.807, 2.05) is 72.8 Å². The van der Waals surface area contributed by atoms with Crippen LogP contribution in [0.1, 0.15) is 42.0 Å². The van der Waals surface area contributed by atoms with Crippen molar-refractivity contribution < 1.29 is 28.4 Å². The Labute approximate surface area is 261 Å². The largest absolute Gasteiger partial charge is 0.374 e. The van der Waals surface area contributed by atoms with Crippen molar-refractivity contribution in [2.45, 2.75) is 76.9 Å². The first kappa shape index (κ1) is 32.0. The van der Waals surface area contributed by atoms with Crippen LogP contribution < -0.4 is 0 Å². The highest BCUT2D eigenvalue weighted by molar-refractivity contribution is 5.16. The van der Waals surface area contributed by atoms with Gasteiger partial charge in [0.15, 0.2) is 6.29 Å². The van der Waals surface area contributed by atoms with Gasteiger partial charge in [0.25, 0.3) is 0 Å². The molecule has 44 heavy (non-hydrogen) atoms. The van der Waals surface area contributed by atoms with E-state index in [1.165, 1.54) is 0 Å². The van der Waals surface area contributed by atoms with Gasteiger partial charge in [0.1, 0.15) is 24.4 Å². The molecule has 1 saturated heterocycles. The second kappa shape index (κ2) is 17.8. The van der Waals surface area contributed by atoms with Crippen molar-refractivity contribution in [3.05, 3.63) is 144 Å².